The molecule has 1 rings (SSSR count). The van der Waals surface area contributed by atoms with Crippen LogP contribution in [0.2, 0.25) is 0 Å². The first kappa shape index (κ1) is 13.5. The summed E-state index contributed by atoms with van der Waals surface area (Å²) in [6.45, 7) is 1.12. The lowest BCUT2D eigenvalue weighted by molar-refractivity contribution is -0.121. The minimum atomic E-state index is -1.65. The number of carbonyl (C=O) groups is 1. The molecule has 1 aromatic rings. The van der Waals surface area contributed by atoms with Gasteiger partial charge in [0, 0.05) is 12.5 Å². The highest BCUT2D eigenvalue weighted by Gasteiger charge is 2.21. The molecule has 0 aliphatic carbocycles. The third-order valence-corrected chi connectivity index (χ3v) is 1.98. The lowest BCUT2D eigenvalue weighted by atomic mass is 10.2. The maximum Gasteiger partial charge on any atom is 0.203 e. The van der Waals surface area contributed by atoms with Crippen molar-refractivity contribution in [2.75, 3.05) is 6.61 Å². The molecule has 0 saturated carbocycles. The van der Waals surface area contributed by atoms with E-state index >= 15 is 0 Å². The number of ketones is 1. The van der Waals surface area contributed by atoms with Gasteiger partial charge in [-0.15, -0.1) is 0 Å². The molecular formula is C11H10F4O2. The maximum absolute atomic E-state index is 13.1. The molecule has 0 radical (unpaired) electrons. The molecule has 0 amide bonds. The molecule has 0 bridgehead atoms. The highest BCUT2D eigenvalue weighted by molar-refractivity contribution is 5.79. The molecule has 0 heterocycles. The van der Waals surface area contributed by atoms with Gasteiger partial charge in [-0.1, -0.05) is 6.92 Å². The maximum atomic E-state index is 13.1. The highest BCUT2D eigenvalue weighted by atomic mass is 19.2. The fourth-order valence-electron chi connectivity index (χ4n) is 1.18. The summed E-state index contributed by atoms with van der Waals surface area (Å²) < 4.78 is 56.1. The van der Waals surface area contributed by atoms with E-state index in [1.54, 1.807) is 6.92 Å². The summed E-state index contributed by atoms with van der Waals surface area (Å²) in [5.74, 6) is -8.03. The Hall–Kier alpha value is -1.59. The Morgan fingerprint density at radius 1 is 1.18 bits per heavy atom. The molecule has 0 fully saturated rings. The number of ether oxygens (including phenoxy) is 1. The van der Waals surface area contributed by atoms with Gasteiger partial charge in [-0.2, -0.15) is 8.78 Å². The van der Waals surface area contributed by atoms with Gasteiger partial charge < -0.3 is 4.74 Å². The molecule has 94 valence electrons. The van der Waals surface area contributed by atoms with Gasteiger partial charge in [0.1, 0.15) is 6.61 Å². The van der Waals surface area contributed by atoms with Crippen LogP contribution < -0.4 is 4.74 Å². The number of carbonyl (C=O) groups excluding carboxylic acids is 1. The molecule has 0 N–H and O–H groups in total. The van der Waals surface area contributed by atoms with Crippen LogP contribution >= 0.6 is 0 Å². The Bertz CT molecular complexity index is 406. The summed E-state index contributed by atoms with van der Waals surface area (Å²) in [5.41, 5.74) is 0. The molecular weight excluding hydrogens is 240 g/mol. The second-order valence-corrected chi connectivity index (χ2v) is 3.37. The molecule has 6 heteroatoms. The first-order chi connectivity index (χ1) is 7.97. The Kier molecular flexibility index (Phi) is 4.48. The van der Waals surface area contributed by atoms with E-state index in [4.69, 9.17) is 0 Å². The van der Waals surface area contributed by atoms with Gasteiger partial charge in [0.2, 0.25) is 11.6 Å². The highest BCUT2D eigenvalue weighted by Crippen LogP contribution is 2.26. The minimum absolute atomic E-state index is 0.0748. The first-order valence-corrected chi connectivity index (χ1v) is 4.94. The Labute approximate surface area is 95.2 Å². The lowest BCUT2D eigenvalue weighted by Gasteiger charge is -2.08. The van der Waals surface area contributed by atoms with Crippen molar-refractivity contribution in [1.82, 2.24) is 0 Å². The van der Waals surface area contributed by atoms with Crippen LogP contribution in [0, 0.1) is 23.3 Å². The van der Waals surface area contributed by atoms with Gasteiger partial charge in [-0.3, -0.25) is 4.79 Å². The SMILES string of the molecule is CCCC(=O)COc1c(F)c(F)cc(F)c1F. The van der Waals surface area contributed by atoms with Crippen molar-refractivity contribution in [2.24, 2.45) is 0 Å². The van der Waals surface area contributed by atoms with E-state index in [-0.39, 0.29) is 12.5 Å². The zero-order valence-corrected chi connectivity index (χ0v) is 9.03. The van der Waals surface area contributed by atoms with Crippen molar-refractivity contribution in [1.29, 1.82) is 0 Å². The van der Waals surface area contributed by atoms with Gasteiger partial charge in [-0.25, -0.2) is 8.78 Å². The number of Topliss-reactive ketones (excluding diaryl/α,β-unsaturated/α-hetero) is 1. The molecule has 0 aliphatic heterocycles. The van der Waals surface area contributed by atoms with Gasteiger partial charge in [-0.05, 0) is 6.42 Å². The average molecular weight is 250 g/mol. The normalized spacial score (nSPS) is 10.4. The first-order valence-electron chi connectivity index (χ1n) is 4.94. The van der Waals surface area contributed by atoms with E-state index < -0.39 is 41.4 Å². The second kappa shape index (κ2) is 5.65. The third kappa shape index (κ3) is 3.18. The van der Waals surface area contributed by atoms with Crippen molar-refractivity contribution < 1.29 is 27.1 Å². The topological polar surface area (TPSA) is 26.3 Å². The Balaban J connectivity index is 2.87. The van der Waals surface area contributed by atoms with Crippen LogP contribution in [0.4, 0.5) is 17.6 Å². The van der Waals surface area contributed by atoms with Crippen molar-refractivity contribution in [3.63, 3.8) is 0 Å². The molecule has 0 atom stereocenters. The fourth-order valence-corrected chi connectivity index (χ4v) is 1.18. The van der Waals surface area contributed by atoms with Crippen molar-refractivity contribution in [3.05, 3.63) is 29.3 Å². The van der Waals surface area contributed by atoms with Crippen LogP contribution in [0.3, 0.4) is 0 Å². The summed E-state index contributed by atoms with van der Waals surface area (Å²) in [6.07, 6.45) is 0.714. The van der Waals surface area contributed by atoms with Crippen LogP contribution in [-0.4, -0.2) is 12.4 Å². The van der Waals surface area contributed by atoms with E-state index in [1.807, 2.05) is 0 Å². The van der Waals surface area contributed by atoms with E-state index in [9.17, 15) is 22.4 Å². The largest absolute Gasteiger partial charge is 0.480 e. The van der Waals surface area contributed by atoms with Crippen molar-refractivity contribution in [2.45, 2.75) is 19.8 Å². The minimum Gasteiger partial charge on any atom is -0.480 e. The lowest BCUT2D eigenvalue weighted by Crippen LogP contribution is -2.13. The van der Waals surface area contributed by atoms with Crippen LogP contribution in [0.25, 0.3) is 0 Å². The van der Waals surface area contributed by atoms with Gasteiger partial charge in [0.15, 0.2) is 23.2 Å². The second-order valence-electron chi connectivity index (χ2n) is 3.37. The Morgan fingerprint density at radius 2 is 1.71 bits per heavy atom. The van der Waals surface area contributed by atoms with Crippen LogP contribution in [0.1, 0.15) is 19.8 Å². The fraction of sp³-hybridized carbons (Fsp3) is 0.364. The Morgan fingerprint density at radius 3 is 2.18 bits per heavy atom. The van der Waals surface area contributed by atoms with Gasteiger partial charge >= 0.3 is 0 Å². The zero-order chi connectivity index (χ0) is 13.0. The molecule has 2 nitrogen and oxygen atoms in total. The van der Waals surface area contributed by atoms with E-state index in [2.05, 4.69) is 4.74 Å². The summed E-state index contributed by atoms with van der Waals surface area (Å²) in [5, 5.41) is 0. The number of hydrogen-bond donors (Lipinski definition) is 0. The molecule has 0 spiro atoms. The van der Waals surface area contributed by atoms with E-state index in [1.165, 1.54) is 0 Å². The molecule has 0 aromatic heterocycles. The summed E-state index contributed by atoms with van der Waals surface area (Å²) in [6, 6.07) is 0.0748. The molecule has 17 heavy (non-hydrogen) atoms. The van der Waals surface area contributed by atoms with Crippen LogP contribution in [0.15, 0.2) is 6.07 Å². The number of rotatable bonds is 5. The molecule has 0 aliphatic rings. The standard InChI is InChI=1S/C11H10F4O2/c1-2-3-6(16)5-17-11-9(14)7(12)4-8(13)10(11)15/h4H,2-3,5H2,1H3. The van der Waals surface area contributed by atoms with E-state index in [0.717, 1.165) is 0 Å². The predicted octanol–water partition coefficient (Wildman–Crippen LogP) is 2.99. The van der Waals surface area contributed by atoms with Crippen LogP contribution in [-0.2, 0) is 4.79 Å². The number of benzene rings is 1. The molecule has 0 saturated heterocycles. The summed E-state index contributed by atoms with van der Waals surface area (Å²) in [7, 11) is 0. The van der Waals surface area contributed by atoms with Crippen molar-refractivity contribution in [3.8, 4) is 5.75 Å². The molecule has 0 unspecified atom stereocenters. The average Bonchev–Trinajstić information content (AvgIpc) is 2.27. The monoisotopic (exact) mass is 250 g/mol. The number of hydrogen-bond acceptors (Lipinski definition) is 2. The summed E-state index contributed by atoms with van der Waals surface area (Å²) in [4.78, 5) is 11.1. The van der Waals surface area contributed by atoms with E-state index in [0.29, 0.717) is 6.42 Å². The third-order valence-electron chi connectivity index (χ3n) is 1.98. The predicted molar refractivity (Wildman–Crippen MR) is 51.7 cm³/mol. The van der Waals surface area contributed by atoms with Gasteiger partial charge in [0.25, 0.3) is 0 Å². The van der Waals surface area contributed by atoms with Crippen LogP contribution in [0.5, 0.6) is 5.75 Å². The smallest absolute Gasteiger partial charge is 0.203 e. The zero-order valence-electron chi connectivity index (χ0n) is 9.03. The molecule has 1 aromatic carbocycles. The number of halogens is 4. The summed E-state index contributed by atoms with van der Waals surface area (Å²) >= 11 is 0. The van der Waals surface area contributed by atoms with Crippen molar-refractivity contribution >= 4 is 5.78 Å². The van der Waals surface area contributed by atoms with Gasteiger partial charge in [0.05, 0.1) is 0 Å². The quantitative estimate of drug-likeness (QED) is 0.593.